The van der Waals surface area contributed by atoms with E-state index in [0.29, 0.717) is 11.2 Å². The van der Waals surface area contributed by atoms with Gasteiger partial charge >= 0.3 is 0 Å². The molecule has 6 nitrogen and oxygen atoms in total. The van der Waals surface area contributed by atoms with Crippen LogP contribution >= 0.6 is 0 Å². The van der Waals surface area contributed by atoms with Crippen LogP contribution in [0.25, 0.3) is 27.9 Å². The fourth-order valence-corrected chi connectivity index (χ4v) is 2.75. The van der Waals surface area contributed by atoms with Crippen LogP contribution in [0.4, 0.5) is 0 Å². The van der Waals surface area contributed by atoms with E-state index in [1.165, 1.54) is 6.08 Å². The maximum Gasteiger partial charge on any atom is 0.288 e. The van der Waals surface area contributed by atoms with Crippen molar-refractivity contribution in [1.82, 2.24) is 20.8 Å². The highest BCUT2D eigenvalue weighted by Crippen LogP contribution is 2.13. The summed E-state index contributed by atoms with van der Waals surface area (Å²) in [7, 11) is 0. The zero-order chi connectivity index (χ0) is 19.3. The van der Waals surface area contributed by atoms with Crippen LogP contribution in [0.5, 0.6) is 0 Å². The second-order valence-corrected chi connectivity index (χ2v) is 6.09. The lowest BCUT2D eigenvalue weighted by molar-refractivity contribution is -0.117. The zero-order valence-electron chi connectivity index (χ0n) is 14.8. The first kappa shape index (κ1) is 17.4. The summed E-state index contributed by atoms with van der Waals surface area (Å²) in [4.78, 5) is 32.9. The Bertz CT molecular complexity index is 1220. The second kappa shape index (κ2) is 7.67. The smallest absolute Gasteiger partial charge is 0.268 e. The largest absolute Gasteiger partial charge is 0.288 e. The molecule has 136 valence electrons. The van der Waals surface area contributed by atoms with Crippen LogP contribution in [0.2, 0.25) is 0 Å². The number of pyridine rings is 2. The van der Waals surface area contributed by atoms with Crippen LogP contribution in [0, 0.1) is 0 Å². The topological polar surface area (TPSA) is 84.0 Å². The number of nitrogens with one attached hydrogen (secondary N) is 2. The minimum absolute atomic E-state index is 0.221. The number of benzene rings is 2. The Morgan fingerprint density at radius 2 is 1.36 bits per heavy atom. The van der Waals surface area contributed by atoms with E-state index in [2.05, 4.69) is 20.8 Å². The monoisotopic (exact) mass is 368 g/mol. The van der Waals surface area contributed by atoms with Crippen molar-refractivity contribution < 1.29 is 9.59 Å². The molecule has 28 heavy (non-hydrogen) atoms. The number of hydrazine groups is 1. The van der Waals surface area contributed by atoms with E-state index >= 15 is 0 Å². The van der Waals surface area contributed by atoms with E-state index in [1.807, 2.05) is 66.7 Å². The maximum atomic E-state index is 12.2. The van der Waals surface area contributed by atoms with Crippen molar-refractivity contribution in [3.8, 4) is 0 Å². The number of hydrogen-bond donors (Lipinski definition) is 2. The fourth-order valence-electron chi connectivity index (χ4n) is 2.75. The summed E-state index contributed by atoms with van der Waals surface area (Å²) in [6, 6.07) is 22.4. The molecule has 4 aromatic rings. The van der Waals surface area contributed by atoms with Crippen LogP contribution < -0.4 is 10.9 Å². The molecule has 2 aromatic heterocycles. The van der Waals surface area contributed by atoms with E-state index in [1.54, 1.807) is 12.1 Å². The normalized spacial score (nSPS) is 11.0. The molecule has 0 spiro atoms. The molecule has 0 aliphatic heterocycles. The number of para-hydroxylation sites is 2. The third kappa shape index (κ3) is 3.86. The number of carbonyl (C=O) groups is 2. The SMILES string of the molecule is O=C(C=Cc1ccc2ccccc2n1)NNC(=O)c1ccc2ccccc2n1. The molecular formula is C22H16N4O2. The molecule has 0 atom stereocenters. The van der Waals surface area contributed by atoms with Crippen molar-refractivity contribution in [2.45, 2.75) is 0 Å². The van der Waals surface area contributed by atoms with Crippen molar-refractivity contribution in [1.29, 1.82) is 0 Å². The molecule has 4 rings (SSSR count). The molecule has 0 aliphatic rings. The van der Waals surface area contributed by atoms with Gasteiger partial charge in [0.05, 0.1) is 16.7 Å². The molecule has 2 aromatic carbocycles. The lowest BCUT2D eigenvalue weighted by Crippen LogP contribution is -2.41. The molecular weight excluding hydrogens is 352 g/mol. The number of aromatic nitrogens is 2. The zero-order valence-corrected chi connectivity index (χ0v) is 14.8. The van der Waals surface area contributed by atoms with Crippen LogP contribution in [0.15, 0.2) is 78.9 Å². The molecule has 0 fully saturated rings. The van der Waals surface area contributed by atoms with Gasteiger partial charge in [-0.2, -0.15) is 0 Å². The predicted octanol–water partition coefficient (Wildman–Crippen LogP) is 3.26. The van der Waals surface area contributed by atoms with E-state index in [9.17, 15) is 9.59 Å². The molecule has 0 aliphatic carbocycles. The van der Waals surface area contributed by atoms with Gasteiger partial charge in [-0.3, -0.25) is 20.4 Å². The standard InChI is InChI=1S/C22H16N4O2/c27-21(14-12-17-11-9-15-5-1-3-7-18(15)23-17)25-26-22(28)20-13-10-16-6-2-4-8-19(16)24-20/h1-14H,(H,25,27)(H,26,28). The Morgan fingerprint density at radius 1 is 0.714 bits per heavy atom. The van der Waals surface area contributed by atoms with Gasteiger partial charge in [-0.1, -0.05) is 48.5 Å². The van der Waals surface area contributed by atoms with Gasteiger partial charge in [0.1, 0.15) is 5.69 Å². The minimum Gasteiger partial charge on any atom is -0.268 e. The highest BCUT2D eigenvalue weighted by molar-refractivity contribution is 5.98. The Labute approximate surface area is 160 Å². The van der Waals surface area contributed by atoms with Gasteiger partial charge in [0.2, 0.25) is 0 Å². The van der Waals surface area contributed by atoms with Gasteiger partial charge in [-0.15, -0.1) is 0 Å². The summed E-state index contributed by atoms with van der Waals surface area (Å²) in [5.41, 5.74) is 7.13. The van der Waals surface area contributed by atoms with Gasteiger partial charge in [0.25, 0.3) is 11.8 Å². The number of rotatable bonds is 3. The lowest BCUT2D eigenvalue weighted by atomic mass is 10.2. The van der Waals surface area contributed by atoms with Crippen LogP contribution in [0.3, 0.4) is 0 Å². The Hall–Kier alpha value is -4.06. The molecule has 0 radical (unpaired) electrons. The Morgan fingerprint density at radius 3 is 2.11 bits per heavy atom. The predicted molar refractivity (Wildman–Crippen MR) is 108 cm³/mol. The van der Waals surface area contributed by atoms with E-state index in [-0.39, 0.29) is 5.69 Å². The number of carbonyl (C=O) groups excluding carboxylic acids is 2. The molecule has 2 heterocycles. The summed E-state index contributed by atoms with van der Waals surface area (Å²) < 4.78 is 0. The third-order valence-electron chi connectivity index (χ3n) is 4.16. The molecule has 2 N–H and O–H groups in total. The molecule has 0 bridgehead atoms. The van der Waals surface area contributed by atoms with Crippen LogP contribution in [0.1, 0.15) is 16.2 Å². The number of fused-ring (bicyclic) bond motifs is 2. The Kier molecular flexibility index (Phi) is 4.76. The minimum atomic E-state index is -0.490. The fraction of sp³-hybridized carbons (Fsp3) is 0. The van der Waals surface area contributed by atoms with Gasteiger partial charge in [-0.25, -0.2) is 9.97 Å². The molecule has 2 amide bonds. The first-order valence-electron chi connectivity index (χ1n) is 8.69. The summed E-state index contributed by atoms with van der Waals surface area (Å²) in [6.45, 7) is 0. The number of amides is 2. The Balaban J connectivity index is 1.38. The number of nitrogens with zero attached hydrogens (tertiary/aromatic N) is 2. The molecule has 0 unspecified atom stereocenters. The van der Waals surface area contributed by atoms with Crippen molar-refractivity contribution in [2.24, 2.45) is 0 Å². The van der Waals surface area contributed by atoms with Crippen LogP contribution in [-0.2, 0) is 4.79 Å². The third-order valence-corrected chi connectivity index (χ3v) is 4.16. The molecule has 0 saturated heterocycles. The van der Waals surface area contributed by atoms with Gasteiger partial charge in [0.15, 0.2) is 0 Å². The molecule has 6 heteroatoms. The first-order valence-corrected chi connectivity index (χ1v) is 8.69. The highest BCUT2D eigenvalue weighted by atomic mass is 16.2. The average Bonchev–Trinajstić information content (AvgIpc) is 2.75. The summed E-state index contributed by atoms with van der Waals surface area (Å²) in [5.74, 6) is -0.958. The first-order chi connectivity index (χ1) is 13.7. The summed E-state index contributed by atoms with van der Waals surface area (Å²) in [6.07, 6.45) is 2.90. The van der Waals surface area contributed by atoms with Gasteiger partial charge in [-0.05, 0) is 30.3 Å². The van der Waals surface area contributed by atoms with E-state index < -0.39 is 11.8 Å². The van der Waals surface area contributed by atoms with E-state index in [4.69, 9.17) is 0 Å². The van der Waals surface area contributed by atoms with Crippen molar-refractivity contribution in [3.63, 3.8) is 0 Å². The maximum absolute atomic E-state index is 12.2. The second-order valence-electron chi connectivity index (χ2n) is 6.09. The van der Waals surface area contributed by atoms with Crippen molar-refractivity contribution in [2.75, 3.05) is 0 Å². The number of hydrogen-bond acceptors (Lipinski definition) is 4. The van der Waals surface area contributed by atoms with Crippen molar-refractivity contribution in [3.05, 3.63) is 90.3 Å². The quantitative estimate of drug-likeness (QED) is 0.429. The van der Waals surface area contributed by atoms with E-state index in [0.717, 1.165) is 16.3 Å². The lowest BCUT2D eigenvalue weighted by Gasteiger charge is -2.05. The molecule has 0 saturated carbocycles. The highest BCUT2D eigenvalue weighted by Gasteiger charge is 2.08. The average molecular weight is 368 g/mol. The van der Waals surface area contributed by atoms with Crippen LogP contribution in [-0.4, -0.2) is 21.8 Å². The summed E-state index contributed by atoms with van der Waals surface area (Å²) >= 11 is 0. The van der Waals surface area contributed by atoms with Gasteiger partial charge in [0, 0.05) is 16.8 Å². The summed E-state index contributed by atoms with van der Waals surface area (Å²) in [5, 5.41) is 1.97. The van der Waals surface area contributed by atoms with Crippen molar-refractivity contribution >= 4 is 39.7 Å². The van der Waals surface area contributed by atoms with Gasteiger partial charge < -0.3 is 0 Å².